The van der Waals surface area contributed by atoms with E-state index in [0.717, 1.165) is 44.3 Å². The van der Waals surface area contributed by atoms with E-state index in [1.54, 1.807) is 6.26 Å². The first kappa shape index (κ1) is 9.68. The molecule has 0 saturated carbocycles. The predicted octanol–water partition coefficient (Wildman–Crippen LogP) is 0.730. The lowest BCUT2D eigenvalue weighted by Crippen LogP contribution is -2.43. The quantitative estimate of drug-likeness (QED) is 0.696. The maximum Gasteiger partial charge on any atom is 0.208 e. The molecule has 0 atom stereocenters. The SMILES string of the molecule is Cc1coc(CN2CCN(C)CC2)n1. The number of rotatable bonds is 2. The summed E-state index contributed by atoms with van der Waals surface area (Å²) in [6.07, 6.45) is 1.71. The van der Waals surface area contributed by atoms with Crippen molar-refractivity contribution in [2.75, 3.05) is 33.2 Å². The minimum absolute atomic E-state index is 0.840. The Bertz CT molecular complexity index is 289. The Morgan fingerprint density at radius 1 is 1.36 bits per heavy atom. The van der Waals surface area contributed by atoms with Gasteiger partial charge in [-0.15, -0.1) is 0 Å². The van der Waals surface area contributed by atoms with Gasteiger partial charge in [0.25, 0.3) is 0 Å². The van der Waals surface area contributed by atoms with Gasteiger partial charge in [0, 0.05) is 26.2 Å². The largest absolute Gasteiger partial charge is 0.447 e. The normalized spacial score (nSPS) is 20.1. The third kappa shape index (κ3) is 2.33. The first-order chi connectivity index (χ1) is 6.74. The molecule has 2 rings (SSSR count). The van der Waals surface area contributed by atoms with E-state index < -0.39 is 0 Å². The fourth-order valence-corrected chi connectivity index (χ4v) is 1.67. The number of piperazine rings is 1. The molecule has 4 heteroatoms. The molecule has 0 aromatic carbocycles. The lowest BCUT2D eigenvalue weighted by molar-refractivity contribution is 0.138. The Balaban J connectivity index is 1.86. The zero-order chi connectivity index (χ0) is 9.97. The summed E-state index contributed by atoms with van der Waals surface area (Å²) in [5, 5.41) is 0. The van der Waals surface area contributed by atoms with Gasteiger partial charge >= 0.3 is 0 Å². The molecule has 1 saturated heterocycles. The summed E-state index contributed by atoms with van der Waals surface area (Å²) in [5.74, 6) is 0.840. The minimum atomic E-state index is 0.840. The van der Waals surface area contributed by atoms with E-state index in [-0.39, 0.29) is 0 Å². The number of oxazole rings is 1. The molecule has 2 heterocycles. The van der Waals surface area contributed by atoms with Gasteiger partial charge in [-0.3, -0.25) is 4.90 Å². The van der Waals surface area contributed by atoms with Crippen LogP contribution in [0.5, 0.6) is 0 Å². The molecule has 1 aromatic rings. The van der Waals surface area contributed by atoms with Crippen molar-refractivity contribution in [1.82, 2.24) is 14.8 Å². The van der Waals surface area contributed by atoms with Gasteiger partial charge in [0.1, 0.15) is 6.26 Å². The number of likely N-dealkylation sites (N-methyl/N-ethyl adjacent to an activating group) is 1. The van der Waals surface area contributed by atoms with Crippen LogP contribution < -0.4 is 0 Å². The fraction of sp³-hybridized carbons (Fsp3) is 0.700. The topological polar surface area (TPSA) is 32.5 Å². The van der Waals surface area contributed by atoms with Crippen LogP contribution in [0.3, 0.4) is 0 Å². The summed E-state index contributed by atoms with van der Waals surface area (Å²) >= 11 is 0. The average molecular weight is 195 g/mol. The fourth-order valence-electron chi connectivity index (χ4n) is 1.67. The molecule has 0 spiro atoms. The molecular weight excluding hydrogens is 178 g/mol. The summed E-state index contributed by atoms with van der Waals surface area (Å²) in [6.45, 7) is 7.30. The molecule has 0 unspecified atom stereocenters. The Morgan fingerprint density at radius 3 is 2.64 bits per heavy atom. The highest BCUT2D eigenvalue weighted by Gasteiger charge is 2.15. The molecule has 0 radical (unpaired) electrons. The van der Waals surface area contributed by atoms with Crippen LogP contribution in [0, 0.1) is 6.92 Å². The van der Waals surface area contributed by atoms with E-state index >= 15 is 0 Å². The van der Waals surface area contributed by atoms with Crippen LogP contribution in [0.15, 0.2) is 10.7 Å². The van der Waals surface area contributed by atoms with E-state index in [0.29, 0.717) is 0 Å². The molecule has 0 aliphatic carbocycles. The first-order valence-corrected chi connectivity index (χ1v) is 5.06. The highest BCUT2D eigenvalue weighted by molar-refractivity contribution is 4.93. The van der Waals surface area contributed by atoms with Crippen LogP contribution in [0.2, 0.25) is 0 Å². The van der Waals surface area contributed by atoms with Crippen molar-refractivity contribution in [2.24, 2.45) is 0 Å². The van der Waals surface area contributed by atoms with Crippen LogP contribution >= 0.6 is 0 Å². The molecule has 1 aromatic heterocycles. The summed E-state index contributed by atoms with van der Waals surface area (Å²) in [7, 11) is 2.16. The van der Waals surface area contributed by atoms with Crippen molar-refractivity contribution in [3.8, 4) is 0 Å². The van der Waals surface area contributed by atoms with Crippen molar-refractivity contribution in [3.05, 3.63) is 17.8 Å². The third-order valence-electron chi connectivity index (χ3n) is 2.62. The summed E-state index contributed by atoms with van der Waals surface area (Å²) < 4.78 is 5.33. The second kappa shape index (κ2) is 4.11. The summed E-state index contributed by atoms with van der Waals surface area (Å²) in [4.78, 5) is 9.03. The summed E-state index contributed by atoms with van der Waals surface area (Å²) in [6, 6.07) is 0. The Labute approximate surface area is 84.5 Å². The van der Waals surface area contributed by atoms with Gasteiger partial charge in [-0.1, -0.05) is 0 Å². The second-order valence-corrected chi connectivity index (χ2v) is 3.96. The first-order valence-electron chi connectivity index (χ1n) is 5.06. The van der Waals surface area contributed by atoms with Crippen LogP contribution in [0.1, 0.15) is 11.6 Å². The van der Waals surface area contributed by atoms with E-state index in [9.17, 15) is 0 Å². The Kier molecular flexibility index (Phi) is 2.84. The minimum Gasteiger partial charge on any atom is -0.447 e. The molecule has 78 valence electrons. The van der Waals surface area contributed by atoms with Gasteiger partial charge in [0.05, 0.1) is 12.2 Å². The van der Waals surface area contributed by atoms with Gasteiger partial charge in [-0.25, -0.2) is 4.98 Å². The van der Waals surface area contributed by atoms with E-state index in [4.69, 9.17) is 4.42 Å². The van der Waals surface area contributed by atoms with Gasteiger partial charge in [-0.05, 0) is 14.0 Å². The zero-order valence-electron chi connectivity index (χ0n) is 8.86. The van der Waals surface area contributed by atoms with Crippen LogP contribution in [-0.4, -0.2) is 48.0 Å². The molecule has 14 heavy (non-hydrogen) atoms. The molecule has 1 fully saturated rings. The monoisotopic (exact) mass is 195 g/mol. The Morgan fingerprint density at radius 2 is 2.07 bits per heavy atom. The van der Waals surface area contributed by atoms with Gasteiger partial charge in [0.2, 0.25) is 5.89 Å². The molecule has 0 N–H and O–H groups in total. The second-order valence-electron chi connectivity index (χ2n) is 3.96. The number of nitrogens with zero attached hydrogens (tertiary/aromatic N) is 3. The predicted molar refractivity (Wildman–Crippen MR) is 54.0 cm³/mol. The molecule has 0 bridgehead atoms. The zero-order valence-corrected chi connectivity index (χ0v) is 8.86. The van der Waals surface area contributed by atoms with Gasteiger partial charge in [-0.2, -0.15) is 0 Å². The van der Waals surface area contributed by atoms with Crippen molar-refractivity contribution in [2.45, 2.75) is 13.5 Å². The molecular formula is C10H17N3O. The highest BCUT2D eigenvalue weighted by Crippen LogP contribution is 2.07. The standard InChI is InChI=1S/C10H17N3O/c1-9-8-14-10(11-9)7-13-5-3-12(2)4-6-13/h8H,3-7H2,1-2H3. The number of hydrogen-bond acceptors (Lipinski definition) is 4. The summed E-state index contributed by atoms with van der Waals surface area (Å²) in [5.41, 5.74) is 0.967. The maximum absolute atomic E-state index is 5.33. The van der Waals surface area contributed by atoms with E-state index in [1.165, 1.54) is 0 Å². The van der Waals surface area contributed by atoms with Gasteiger partial charge in [0.15, 0.2) is 0 Å². The van der Waals surface area contributed by atoms with Crippen molar-refractivity contribution in [1.29, 1.82) is 0 Å². The van der Waals surface area contributed by atoms with E-state index in [2.05, 4.69) is 21.8 Å². The molecule has 4 nitrogen and oxygen atoms in total. The van der Waals surface area contributed by atoms with Gasteiger partial charge < -0.3 is 9.32 Å². The van der Waals surface area contributed by atoms with Crippen molar-refractivity contribution >= 4 is 0 Å². The average Bonchev–Trinajstić information content (AvgIpc) is 2.56. The lowest BCUT2D eigenvalue weighted by Gasteiger charge is -2.31. The number of hydrogen-bond donors (Lipinski definition) is 0. The smallest absolute Gasteiger partial charge is 0.208 e. The Hall–Kier alpha value is -0.870. The molecule has 0 amide bonds. The van der Waals surface area contributed by atoms with Crippen LogP contribution in [-0.2, 0) is 6.54 Å². The van der Waals surface area contributed by atoms with Crippen molar-refractivity contribution < 1.29 is 4.42 Å². The van der Waals surface area contributed by atoms with E-state index in [1.807, 2.05) is 6.92 Å². The number of aromatic nitrogens is 1. The third-order valence-corrected chi connectivity index (χ3v) is 2.62. The molecule has 1 aliphatic heterocycles. The maximum atomic E-state index is 5.33. The van der Waals surface area contributed by atoms with Crippen molar-refractivity contribution in [3.63, 3.8) is 0 Å². The number of aryl methyl sites for hydroxylation is 1. The molecule has 1 aliphatic rings. The lowest BCUT2D eigenvalue weighted by atomic mass is 10.3. The van der Waals surface area contributed by atoms with Crippen LogP contribution in [0.4, 0.5) is 0 Å². The highest BCUT2D eigenvalue weighted by atomic mass is 16.3. The van der Waals surface area contributed by atoms with Crippen LogP contribution in [0.25, 0.3) is 0 Å².